The molecule has 0 aliphatic heterocycles. The summed E-state index contributed by atoms with van der Waals surface area (Å²) in [6.45, 7) is 2.04. The predicted octanol–water partition coefficient (Wildman–Crippen LogP) is 6.63. The first-order valence-corrected chi connectivity index (χ1v) is 12.9. The number of esters is 2. The summed E-state index contributed by atoms with van der Waals surface area (Å²) in [6, 6.07) is 28.2. The van der Waals surface area contributed by atoms with Gasteiger partial charge in [0.1, 0.15) is 29.5 Å². The standard InChI is InChI=1S/C30H24BrN3O4/c1-2-37-27(35)18-32-29-28(33-26-16-15-24(31)19-34(26)29)23-9-6-10-25(17-23)38-30(36)22-13-11-21(12-14-22)20-7-4-3-5-8-20/h3-17,19,32H,2,18H2,1H3. The van der Waals surface area contributed by atoms with Gasteiger partial charge in [0.25, 0.3) is 0 Å². The van der Waals surface area contributed by atoms with E-state index in [-0.39, 0.29) is 12.5 Å². The van der Waals surface area contributed by atoms with Gasteiger partial charge in [-0.1, -0.05) is 54.6 Å². The number of imidazole rings is 1. The molecule has 8 heteroatoms. The minimum absolute atomic E-state index is 0.0190. The lowest BCUT2D eigenvalue weighted by Crippen LogP contribution is -2.17. The molecular formula is C30H24BrN3O4. The molecule has 5 aromatic rings. The summed E-state index contributed by atoms with van der Waals surface area (Å²) in [4.78, 5) is 29.7. The number of benzene rings is 3. The van der Waals surface area contributed by atoms with Crippen molar-refractivity contribution in [2.24, 2.45) is 0 Å². The van der Waals surface area contributed by atoms with Crippen LogP contribution >= 0.6 is 15.9 Å². The van der Waals surface area contributed by atoms with Crippen LogP contribution in [-0.4, -0.2) is 34.5 Å². The van der Waals surface area contributed by atoms with E-state index >= 15 is 0 Å². The minimum atomic E-state index is -0.457. The van der Waals surface area contributed by atoms with Gasteiger partial charge in [0, 0.05) is 16.2 Å². The number of anilines is 1. The zero-order valence-electron chi connectivity index (χ0n) is 20.6. The van der Waals surface area contributed by atoms with E-state index in [0.29, 0.717) is 35.1 Å². The first-order chi connectivity index (χ1) is 18.5. The second-order valence-electron chi connectivity index (χ2n) is 8.40. The minimum Gasteiger partial charge on any atom is -0.465 e. The van der Waals surface area contributed by atoms with Crippen molar-refractivity contribution in [2.75, 3.05) is 18.5 Å². The maximum absolute atomic E-state index is 12.9. The molecule has 5 rings (SSSR count). The molecule has 0 atom stereocenters. The Balaban J connectivity index is 1.40. The second kappa shape index (κ2) is 11.3. The Bertz CT molecular complexity index is 1600. The normalized spacial score (nSPS) is 10.8. The quantitative estimate of drug-likeness (QED) is 0.167. The van der Waals surface area contributed by atoms with E-state index in [2.05, 4.69) is 21.2 Å². The van der Waals surface area contributed by atoms with Crippen molar-refractivity contribution in [3.8, 4) is 28.1 Å². The van der Waals surface area contributed by atoms with E-state index in [0.717, 1.165) is 21.2 Å². The molecule has 0 saturated heterocycles. The lowest BCUT2D eigenvalue weighted by Gasteiger charge is -2.10. The summed E-state index contributed by atoms with van der Waals surface area (Å²) in [6.07, 6.45) is 1.86. The first-order valence-electron chi connectivity index (χ1n) is 12.1. The van der Waals surface area contributed by atoms with Crippen LogP contribution in [0.4, 0.5) is 5.82 Å². The van der Waals surface area contributed by atoms with Gasteiger partial charge in [-0.05, 0) is 70.4 Å². The third kappa shape index (κ3) is 5.60. The van der Waals surface area contributed by atoms with E-state index in [1.807, 2.05) is 71.3 Å². The van der Waals surface area contributed by atoms with Crippen molar-refractivity contribution < 1.29 is 19.1 Å². The van der Waals surface area contributed by atoms with Crippen molar-refractivity contribution in [3.63, 3.8) is 0 Å². The molecule has 2 heterocycles. The molecule has 0 saturated carbocycles. The number of fused-ring (bicyclic) bond motifs is 1. The van der Waals surface area contributed by atoms with Crippen LogP contribution in [0, 0.1) is 0 Å². The smallest absolute Gasteiger partial charge is 0.343 e. The van der Waals surface area contributed by atoms with Crippen LogP contribution in [0.2, 0.25) is 0 Å². The van der Waals surface area contributed by atoms with Crippen LogP contribution in [0.5, 0.6) is 5.75 Å². The molecule has 38 heavy (non-hydrogen) atoms. The predicted molar refractivity (Wildman–Crippen MR) is 150 cm³/mol. The summed E-state index contributed by atoms with van der Waals surface area (Å²) in [7, 11) is 0. The molecule has 7 nitrogen and oxygen atoms in total. The third-order valence-corrected chi connectivity index (χ3v) is 6.30. The number of ether oxygens (including phenoxy) is 2. The average molecular weight is 570 g/mol. The van der Waals surface area contributed by atoms with Crippen LogP contribution in [0.1, 0.15) is 17.3 Å². The molecular weight excluding hydrogens is 546 g/mol. The van der Waals surface area contributed by atoms with Crippen LogP contribution in [0.3, 0.4) is 0 Å². The fraction of sp³-hybridized carbons (Fsp3) is 0.100. The summed E-state index contributed by atoms with van der Waals surface area (Å²) in [5.74, 6) is 0.175. The summed E-state index contributed by atoms with van der Waals surface area (Å²) in [5, 5.41) is 3.15. The maximum Gasteiger partial charge on any atom is 0.343 e. The van der Waals surface area contributed by atoms with Gasteiger partial charge >= 0.3 is 11.9 Å². The molecule has 0 fully saturated rings. The number of hydrogen-bond acceptors (Lipinski definition) is 6. The van der Waals surface area contributed by atoms with Crippen LogP contribution in [-0.2, 0) is 9.53 Å². The lowest BCUT2D eigenvalue weighted by molar-refractivity contribution is -0.140. The van der Waals surface area contributed by atoms with Crippen molar-refractivity contribution in [1.82, 2.24) is 9.38 Å². The van der Waals surface area contributed by atoms with E-state index in [1.165, 1.54) is 0 Å². The zero-order valence-corrected chi connectivity index (χ0v) is 22.1. The fourth-order valence-electron chi connectivity index (χ4n) is 4.06. The Morgan fingerprint density at radius 3 is 2.39 bits per heavy atom. The van der Waals surface area contributed by atoms with Gasteiger partial charge in [0.2, 0.25) is 0 Å². The number of halogens is 1. The highest BCUT2D eigenvalue weighted by Gasteiger charge is 2.17. The van der Waals surface area contributed by atoms with E-state index in [4.69, 9.17) is 14.5 Å². The maximum atomic E-state index is 12.9. The monoisotopic (exact) mass is 569 g/mol. The highest BCUT2D eigenvalue weighted by atomic mass is 79.9. The summed E-state index contributed by atoms with van der Waals surface area (Å²) < 4.78 is 13.5. The number of pyridine rings is 1. The lowest BCUT2D eigenvalue weighted by atomic mass is 10.0. The Morgan fingerprint density at radius 2 is 1.63 bits per heavy atom. The number of rotatable bonds is 8. The molecule has 1 N–H and O–H groups in total. The Hall–Kier alpha value is -4.43. The summed E-state index contributed by atoms with van der Waals surface area (Å²) >= 11 is 3.49. The van der Waals surface area contributed by atoms with E-state index in [9.17, 15) is 9.59 Å². The zero-order chi connectivity index (χ0) is 26.5. The number of hydrogen-bond donors (Lipinski definition) is 1. The van der Waals surface area contributed by atoms with Gasteiger partial charge in [-0.25, -0.2) is 9.78 Å². The number of carbonyl (C=O) groups excluding carboxylic acids is 2. The van der Waals surface area contributed by atoms with Gasteiger partial charge in [-0.3, -0.25) is 9.20 Å². The van der Waals surface area contributed by atoms with Crippen molar-refractivity contribution in [3.05, 3.63) is 107 Å². The SMILES string of the molecule is CCOC(=O)CNc1c(-c2cccc(OC(=O)c3ccc(-c4ccccc4)cc3)c2)nc2ccc(Br)cn12. The van der Waals surface area contributed by atoms with Gasteiger partial charge in [0.05, 0.1) is 12.2 Å². The van der Waals surface area contributed by atoms with E-state index < -0.39 is 5.97 Å². The first kappa shape index (κ1) is 25.2. The molecule has 190 valence electrons. The molecule has 0 bridgehead atoms. The largest absolute Gasteiger partial charge is 0.465 e. The van der Waals surface area contributed by atoms with E-state index in [1.54, 1.807) is 37.3 Å². The van der Waals surface area contributed by atoms with Gasteiger partial charge in [-0.15, -0.1) is 0 Å². The van der Waals surface area contributed by atoms with Crippen molar-refractivity contribution in [2.45, 2.75) is 6.92 Å². The van der Waals surface area contributed by atoms with Crippen LogP contribution in [0.15, 0.2) is 102 Å². The van der Waals surface area contributed by atoms with Crippen LogP contribution < -0.4 is 10.1 Å². The van der Waals surface area contributed by atoms with Crippen molar-refractivity contribution in [1.29, 1.82) is 0 Å². The number of nitrogens with zero attached hydrogens (tertiary/aromatic N) is 2. The van der Waals surface area contributed by atoms with Gasteiger partial charge in [-0.2, -0.15) is 0 Å². The second-order valence-corrected chi connectivity index (χ2v) is 9.32. The molecule has 0 amide bonds. The molecule has 2 aromatic heterocycles. The number of nitrogens with one attached hydrogen (secondary N) is 1. The highest BCUT2D eigenvalue weighted by Crippen LogP contribution is 2.32. The third-order valence-electron chi connectivity index (χ3n) is 5.83. The molecule has 0 aliphatic carbocycles. The van der Waals surface area contributed by atoms with Gasteiger partial charge < -0.3 is 14.8 Å². The summed E-state index contributed by atoms with van der Waals surface area (Å²) in [5.41, 5.74) is 4.57. The van der Waals surface area contributed by atoms with Crippen molar-refractivity contribution >= 4 is 39.3 Å². The van der Waals surface area contributed by atoms with Crippen LogP contribution in [0.25, 0.3) is 28.0 Å². The van der Waals surface area contributed by atoms with Gasteiger partial charge in [0.15, 0.2) is 0 Å². The average Bonchev–Trinajstić information content (AvgIpc) is 3.30. The number of carbonyl (C=O) groups is 2. The molecule has 0 unspecified atom stereocenters. The highest BCUT2D eigenvalue weighted by molar-refractivity contribution is 9.10. The Morgan fingerprint density at radius 1 is 0.895 bits per heavy atom. The fourth-order valence-corrected chi connectivity index (χ4v) is 4.40. The Kier molecular flexibility index (Phi) is 7.51. The molecule has 3 aromatic carbocycles. The Labute approximate surface area is 228 Å². The number of aromatic nitrogens is 2. The topological polar surface area (TPSA) is 81.9 Å². The molecule has 0 spiro atoms. The molecule has 0 radical (unpaired) electrons. The molecule has 0 aliphatic rings.